The molecule has 0 unspecified atom stereocenters. The van der Waals surface area contributed by atoms with Gasteiger partial charge in [-0.15, -0.1) is 0 Å². The molecule has 0 atom stereocenters. The molecule has 4 rings (SSSR count). The van der Waals surface area contributed by atoms with E-state index in [-0.39, 0.29) is 35.0 Å². The predicted octanol–water partition coefficient (Wildman–Crippen LogP) is 2.57. The third kappa shape index (κ3) is 4.17. The smallest absolute Gasteiger partial charge is 0.433 e. The molecule has 10 nitrogen and oxygen atoms in total. The highest BCUT2D eigenvalue weighted by Gasteiger charge is 2.35. The second-order valence-electron chi connectivity index (χ2n) is 6.86. The van der Waals surface area contributed by atoms with E-state index in [1.54, 1.807) is 19.2 Å². The highest BCUT2D eigenvalue weighted by atomic mass is 19.4. The maximum Gasteiger partial charge on any atom is 0.433 e. The summed E-state index contributed by atoms with van der Waals surface area (Å²) in [7, 11) is 1.55. The van der Waals surface area contributed by atoms with Crippen molar-refractivity contribution in [3.63, 3.8) is 0 Å². The number of anilines is 1. The predicted molar refractivity (Wildman–Crippen MR) is 104 cm³/mol. The number of hydrogen-bond donors (Lipinski definition) is 2. The van der Waals surface area contributed by atoms with Crippen LogP contribution in [0.4, 0.5) is 18.9 Å². The summed E-state index contributed by atoms with van der Waals surface area (Å²) in [6.07, 6.45) is -1.84. The molecule has 2 N–H and O–H groups in total. The number of carbonyl (C=O) groups is 2. The first-order chi connectivity index (χ1) is 15.1. The average molecular weight is 447 g/mol. The lowest BCUT2D eigenvalue weighted by Crippen LogP contribution is -2.25. The largest absolute Gasteiger partial charge is 0.467 e. The molecule has 0 aliphatic rings. The molecule has 0 saturated heterocycles. The molecule has 32 heavy (non-hydrogen) atoms. The fraction of sp³-hybridized carbons (Fsp3) is 0.211. The van der Waals surface area contributed by atoms with E-state index in [1.807, 2.05) is 0 Å². The van der Waals surface area contributed by atoms with Crippen LogP contribution >= 0.6 is 0 Å². The normalized spacial score (nSPS) is 11.7. The van der Waals surface area contributed by atoms with Crippen LogP contribution in [-0.2, 0) is 19.8 Å². The van der Waals surface area contributed by atoms with Gasteiger partial charge in [0.2, 0.25) is 0 Å². The fourth-order valence-corrected chi connectivity index (χ4v) is 3.01. The number of hydrogen-bond acceptors (Lipinski definition) is 6. The first-order valence-corrected chi connectivity index (χ1v) is 9.22. The number of amides is 2. The van der Waals surface area contributed by atoms with E-state index in [9.17, 15) is 22.8 Å². The minimum atomic E-state index is -4.69. The molecule has 4 heterocycles. The zero-order valence-electron chi connectivity index (χ0n) is 16.8. The fourth-order valence-electron chi connectivity index (χ4n) is 3.01. The van der Waals surface area contributed by atoms with Crippen LogP contribution in [0.1, 0.15) is 38.1 Å². The third-order valence-electron chi connectivity index (χ3n) is 4.37. The molecule has 2 amide bonds. The lowest BCUT2D eigenvalue weighted by Gasteiger charge is -2.09. The Hall–Kier alpha value is -4.16. The molecule has 166 valence electrons. The molecule has 0 aliphatic heterocycles. The number of carbonyl (C=O) groups excluding carboxylic acids is 2. The van der Waals surface area contributed by atoms with E-state index < -0.39 is 23.7 Å². The van der Waals surface area contributed by atoms with Gasteiger partial charge in [0, 0.05) is 25.0 Å². The van der Waals surface area contributed by atoms with Crippen molar-refractivity contribution in [3.8, 4) is 0 Å². The quantitative estimate of drug-likeness (QED) is 0.485. The minimum absolute atomic E-state index is 0.0617. The van der Waals surface area contributed by atoms with E-state index in [4.69, 9.17) is 4.42 Å². The van der Waals surface area contributed by atoms with Gasteiger partial charge in [0.1, 0.15) is 11.5 Å². The SMILES string of the molecule is Cc1cc(C(F)(F)F)n2nc(C(=O)Nc3cn(C)nc3C(=O)NCc3ccco3)cc2n1. The van der Waals surface area contributed by atoms with E-state index in [0.717, 1.165) is 12.1 Å². The van der Waals surface area contributed by atoms with Crippen LogP contribution < -0.4 is 10.6 Å². The molecule has 0 saturated carbocycles. The van der Waals surface area contributed by atoms with Crippen LogP contribution in [0.5, 0.6) is 0 Å². The van der Waals surface area contributed by atoms with Crippen LogP contribution in [0.2, 0.25) is 0 Å². The van der Waals surface area contributed by atoms with Crippen LogP contribution in [0.25, 0.3) is 5.65 Å². The van der Waals surface area contributed by atoms with E-state index in [1.165, 1.54) is 24.1 Å². The van der Waals surface area contributed by atoms with E-state index in [2.05, 4.69) is 25.8 Å². The average Bonchev–Trinajstić information content (AvgIpc) is 3.44. The Kier molecular flexibility index (Phi) is 5.16. The number of nitrogens with one attached hydrogen (secondary N) is 2. The Labute approximate surface area is 178 Å². The van der Waals surface area contributed by atoms with Gasteiger partial charge < -0.3 is 15.1 Å². The molecule has 0 aliphatic carbocycles. The number of aromatic nitrogens is 5. The summed E-state index contributed by atoms with van der Waals surface area (Å²) < 4.78 is 47.0. The summed E-state index contributed by atoms with van der Waals surface area (Å²) in [4.78, 5) is 29.2. The number of fused-ring (bicyclic) bond motifs is 1. The molecule has 13 heteroatoms. The van der Waals surface area contributed by atoms with Gasteiger partial charge in [0.05, 0.1) is 18.5 Å². The Morgan fingerprint density at radius 3 is 2.66 bits per heavy atom. The van der Waals surface area contributed by atoms with E-state index >= 15 is 0 Å². The molecule has 0 fully saturated rings. The number of aryl methyl sites for hydroxylation is 2. The molecule has 0 aromatic carbocycles. The second kappa shape index (κ2) is 7.83. The van der Waals surface area contributed by atoms with Crippen molar-refractivity contribution >= 4 is 23.1 Å². The zero-order valence-corrected chi connectivity index (χ0v) is 16.8. The summed E-state index contributed by atoms with van der Waals surface area (Å²) in [6, 6.07) is 5.31. The van der Waals surface area contributed by atoms with Gasteiger partial charge in [0.15, 0.2) is 17.0 Å². The molecule has 4 aromatic heterocycles. The Bertz CT molecular complexity index is 1310. The lowest BCUT2D eigenvalue weighted by atomic mass is 10.3. The van der Waals surface area contributed by atoms with E-state index in [0.29, 0.717) is 10.3 Å². The number of halogens is 3. The standard InChI is InChI=1S/C19H16F3N7O3/c1-10-6-14(19(20,21)22)29-15(24-10)7-12(26-29)17(30)25-13-9-28(2)27-16(13)18(31)23-8-11-4-3-5-32-11/h3-7,9H,8H2,1-2H3,(H,23,31)(H,25,30). The highest BCUT2D eigenvalue weighted by Crippen LogP contribution is 2.30. The van der Waals surface area contributed by atoms with Gasteiger partial charge in [-0.3, -0.25) is 14.3 Å². The van der Waals surface area contributed by atoms with Gasteiger partial charge in [-0.25, -0.2) is 9.50 Å². The number of rotatable bonds is 5. The van der Waals surface area contributed by atoms with Crippen LogP contribution in [0.15, 0.2) is 41.1 Å². The van der Waals surface area contributed by atoms with Crippen molar-refractivity contribution in [3.05, 3.63) is 65.3 Å². The topological polar surface area (TPSA) is 119 Å². The summed E-state index contributed by atoms with van der Waals surface area (Å²) in [5.41, 5.74) is -1.39. The molecular weight excluding hydrogens is 431 g/mol. The van der Waals surface area contributed by atoms with Crippen molar-refractivity contribution in [2.45, 2.75) is 19.6 Å². The van der Waals surface area contributed by atoms with Crippen LogP contribution in [0.3, 0.4) is 0 Å². The summed E-state index contributed by atoms with van der Waals surface area (Å²) in [6.45, 7) is 1.51. The summed E-state index contributed by atoms with van der Waals surface area (Å²) in [5, 5.41) is 12.8. The van der Waals surface area contributed by atoms with Gasteiger partial charge in [-0.2, -0.15) is 23.4 Å². The van der Waals surface area contributed by atoms with Gasteiger partial charge in [-0.05, 0) is 25.1 Å². The summed E-state index contributed by atoms with van der Waals surface area (Å²) >= 11 is 0. The molecule has 0 spiro atoms. The van der Waals surface area contributed by atoms with Crippen LogP contribution in [-0.4, -0.2) is 36.2 Å². The van der Waals surface area contributed by atoms with Crippen LogP contribution in [0, 0.1) is 6.92 Å². The molecule has 4 aromatic rings. The Morgan fingerprint density at radius 1 is 1.19 bits per heavy atom. The van der Waals surface area contributed by atoms with Crippen molar-refractivity contribution in [1.29, 1.82) is 0 Å². The van der Waals surface area contributed by atoms with Gasteiger partial charge in [0.25, 0.3) is 11.8 Å². The summed E-state index contributed by atoms with van der Waals surface area (Å²) in [5.74, 6) is -0.883. The number of furan rings is 1. The molecular formula is C19H16F3N7O3. The van der Waals surface area contributed by atoms with Crippen molar-refractivity contribution in [2.24, 2.45) is 7.05 Å². The highest BCUT2D eigenvalue weighted by molar-refractivity contribution is 6.07. The first kappa shape index (κ1) is 21.1. The van der Waals surface area contributed by atoms with Crippen molar-refractivity contribution < 1.29 is 27.2 Å². The zero-order chi connectivity index (χ0) is 23.0. The van der Waals surface area contributed by atoms with Gasteiger partial charge >= 0.3 is 6.18 Å². The first-order valence-electron chi connectivity index (χ1n) is 9.22. The molecule has 0 radical (unpaired) electrons. The van der Waals surface area contributed by atoms with Gasteiger partial charge in [-0.1, -0.05) is 0 Å². The number of nitrogens with zero attached hydrogens (tertiary/aromatic N) is 5. The lowest BCUT2D eigenvalue weighted by molar-refractivity contribution is -0.142. The minimum Gasteiger partial charge on any atom is -0.467 e. The number of alkyl halides is 3. The van der Waals surface area contributed by atoms with Crippen molar-refractivity contribution in [2.75, 3.05) is 5.32 Å². The Balaban J connectivity index is 1.58. The van der Waals surface area contributed by atoms with Crippen molar-refractivity contribution in [1.82, 2.24) is 29.7 Å². The monoisotopic (exact) mass is 447 g/mol. The maximum atomic E-state index is 13.3. The maximum absolute atomic E-state index is 13.3. The third-order valence-corrected chi connectivity index (χ3v) is 4.37. The molecule has 0 bridgehead atoms. The second-order valence-corrected chi connectivity index (χ2v) is 6.86. The Morgan fingerprint density at radius 2 is 1.97 bits per heavy atom.